The van der Waals surface area contributed by atoms with E-state index in [2.05, 4.69) is 17.1 Å². The highest BCUT2D eigenvalue weighted by Gasteiger charge is 2.18. The maximum absolute atomic E-state index is 11.1. The average molecular weight is 185 g/mol. The first-order valence-corrected chi connectivity index (χ1v) is 4.98. The molecule has 1 fully saturated rings. The van der Waals surface area contributed by atoms with Gasteiger partial charge in [0.15, 0.2) is 0 Å². The van der Waals surface area contributed by atoms with Gasteiger partial charge in [-0.2, -0.15) is 0 Å². The molecule has 0 spiro atoms. The number of rotatable bonds is 3. The Morgan fingerprint density at radius 2 is 2.38 bits per heavy atom. The van der Waals surface area contributed by atoms with Crippen molar-refractivity contribution in [3.8, 4) is 0 Å². The van der Waals surface area contributed by atoms with Gasteiger partial charge in [0.25, 0.3) is 0 Å². The molecule has 4 nitrogen and oxygen atoms in total. The van der Waals surface area contributed by atoms with Gasteiger partial charge in [-0.3, -0.25) is 9.69 Å². The number of nitrogens with two attached hydrogens (primary N) is 1. The van der Waals surface area contributed by atoms with Gasteiger partial charge in [0.05, 0.1) is 0 Å². The predicted molar refractivity (Wildman–Crippen MR) is 52.3 cm³/mol. The van der Waals surface area contributed by atoms with Crippen LogP contribution in [0.2, 0.25) is 0 Å². The summed E-state index contributed by atoms with van der Waals surface area (Å²) in [5.74, 6) is 0.161. The molecule has 3 N–H and O–H groups in total. The third-order valence-electron chi connectivity index (χ3n) is 2.61. The van der Waals surface area contributed by atoms with Gasteiger partial charge >= 0.3 is 0 Å². The van der Waals surface area contributed by atoms with Gasteiger partial charge in [0.1, 0.15) is 0 Å². The molecule has 1 saturated heterocycles. The van der Waals surface area contributed by atoms with Crippen molar-refractivity contribution >= 4 is 5.91 Å². The summed E-state index contributed by atoms with van der Waals surface area (Å²) in [7, 11) is 0. The molecule has 0 aromatic rings. The first kappa shape index (κ1) is 10.5. The molecular weight excluding hydrogens is 166 g/mol. The summed E-state index contributed by atoms with van der Waals surface area (Å²) in [5, 5.41) is 2.86. The lowest BCUT2D eigenvalue weighted by atomic mass is 10.2. The fourth-order valence-corrected chi connectivity index (χ4v) is 1.72. The number of carbonyl (C=O) groups is 1. The molecule has 0 bridgehead atoms. The van der Waals surface area contributed by atoms with E-state index in [1.54, 1.807) is 0 Å². The number of amides is 1. The van der Waals surface area contributed by atoms with Gasteiger partial charge in [-0.05, 0) is 6.42 Å². The van der Waals surface area contributed by atoms with Gasteiger partial charge in [-0.1, -0.05) is 6.92 Å². The average Bonchev–Trinajstić information content (AvgIpc) is 2.34. The van der Waals surface area contributed by atoms with Crippen LogP contribution < -0.4 is 11.1 Å². The molecule has 1 atom stereocenters. The lowest BCUT2D eigenvalue weighted by Crippen LogP contribution is -2.42. The molecule has 1 amide bonds. The van der Waals surface area contributed by atoms with E-state index in [0.717, 1.165) is 26.1 Å². The molecule has 0 aromatic carbocycles. The van der Waals surface area contributed by atoms with Crippen LogP contribution in [0.25, 0.3) is 0 Å². The zero-order valence-electron chi connectivity index (χ0n) is 8.25. The summed E-state index contributed by atoms with van der Waals surface area (Å²) >= 11 is 0. The summed E-state index contributed by atoms with van der Waals surface area (Å²) in [5.41, 5.74) is 5.65. The zero-order valence-corrected chi connectivity index (χ0v) is 8.25. The molecular formula is C9H19N3O. The summed E-state index contributed by atoms with van der Waals surface area (Å²) in [6, 6.07) is 0.438. The Balaban J connectivity index is 2.44. The van der Waals surface area contributed by atoms with Crippen molar-refractivity contribution in [1.82, 2.24) is 10.2 Å². The Labute approximate surface area is 79.5 Å². The molecule has 76 valence electrons. The molecule has 1 heterocycles. The Kier molecular flexibility index (Phi) is 4.18. The van der Waals surface area contributed by atoms with Crippen molar-refractivity contribution in [2.24, 2.45) is 5.73 Å². The first-order valence-electron chi connectivity index (χ1n) is 4.98. The van der Waals surface area contributed by atoms with Crippen molar-refractivity contribution in [2.45, 2.75) is 25.8 Å². The molecule has 1 aliphatic rings. The van der Waals surface area contributed by atoms with Crippen LogP contribution in [0, 0.1) is 0 Å². The Hall–Kier alpha value is -0.610. The van der Waals surface area contributed by atoms with Crippen LogP contribution in [0.15, 0.2) is 0 Å². The van der Waals surface area contributed by atoms with Crippen LogP contribution in [0.5, 0.6) is 0 Å². The fraction of sp³-hybridized carbons (Fsp3) is 0.889. The second-order valence-corrected chi connectivity index (χ2v) is 3.43. The van der Waals surface area contributed by atoms with E-state index in [9.17, 15) is 4.79 Å². The SMILES string of the molecule is CCC(CN)N1CCNC(=O)CC1. The van der Waals surface area contributed by atoms with Crippen molar-refractivity contribution < 1.29 is 4.79 Å². The topological polar surface area (TPSA) is 58.4 Å². The number of nitrogens with zero attached hydrogens (tertiary/aromatic N) is 1. The van der Waals surface area contributed by atoms with E-state index in [-0.39, 0.29) is 5.91 Å². The first-order chi connectivity index (χ1) is 6.27. The lowest BCUT2D eigenvalue weighted by molar-refractivity contribution is -0.120. The van der Waals surface area contributed by atoms with Crippen molar-refractivity contribution in [2.75, 3.05) is 26.2 Å². The van der Waals surface area contributed by atoms with E-state index in [1.807, 2.05) is 0 Å². The molecule has 4 heteroatoms. The van der Waals surface area contributed by atoms with Crippen molar-refractivity contribution in [3.63, 3.8) is 0 Å². The minimum atomic E-state index is 0.161. The molecule has 13 heavy (non-hydrogen) atoms. The highest BCUT2D eigenvalue weighted by Crippen LogP contribution is 2.05. The van der Waals surface area contributed by atoms with Crippen LogP contribution in [0.4, 0.5) is 0 Å². The third kappa shape index (κ3) is 2.97. The van der Waals surface area contributed by atoms with Gasteiger partial charge in [0, 0.05) is 38.6 Å². The summed E-state index contributed by atoms with van der Waals surface area (Å²) in [4.78, 5) is 13.4. The number of hydrogen-bond donors (Lipinski definition) is 2. The molecule has 1 rings (SSSR count). The summed E-state index contributed by atoms with van der Waals surface area (Å²) in [6.45, 7) is 5.36. The maximum Gasteiger partial charge on any atom is 0.221 e. The molecule has 0 aliphatic carbocycles. The molecule has 1 unspecified atom stereocenters. The molecule has 0 saturated carbocycles. The molecule has 0 aromatic heterocycles. The molecule has 1 aliphatic heterocycles. The van der Waals surface area contributed by atoms with Gasteiger partial charge < -0.3 is 11.1 Å². The highest BCUT2D eigenvalue weighted by molar-refractivity contribution is 5.76. The lowest BCUT2D eigenvalue weighted by Gasteiger charge is -2.27. The van der Waals surface area contributed by atoms with E-state index >= 15 is 0 Å². The van der Waals surface area contributed by atoms with Gasteiger partial charge in [-0.15, -0.1) is 0 Å². The van der Waals surface area contributed by atoms with E-state index < -0.39 is 0 Å². The van der Waals surface area contributed by atoms with E-state index in [0.29, 0.717) is 19.0 Å². The normalized spacial score (nSPS) is 22.2. The van der Waals surface area contributed by atoms with E-state index in [4.69, 9.17) is 5.73 Å². The smallest absolute Gasteiger partial charge is 0.221 e. The van der Waals surface area contributed by atoms with Crippen LogP contribution in [-0.2, 0) is 4.79 Å². The minimum Gasteiger partial charge on any atom is -0.355 e. The maximum atomic E-state index is 11.1. The largest absolute Gasteiger partial charge is 0.355 e. The number of carbonyl (C=O) groups excluding carboxylic acids is 1. The van der Waals surface area contributed by atoms with Gasteiger partial charge in [-0.25, -0.2) is 0 Å². The van der Waals surface area contributed by atoms with Crippen LogP contribution in [0.3, 0.4) is 0 Å². The second kappa shape index (κ2) is 5.19. The Morgan fingerprint density at radius 3 is 3.00 bits per heavy atom. The predicted octanol–water partition coefficient (Wildman–Crippen LogP) is -0.454. The summed E-state index contributed by atoms with van der Waals surface area (Å²) in [6.07, 6.45) is 1.67. The van der Waals surface area contributed by atoms with Crippen LogP contribution in [-0.4, -0.2) is 43.0 Å². The summed E-state index contributed by atoms with van der Waals surface area (Å²) < 4.78 is 0. The monoisotopic (exact) mass is 185 g/mol. The Morgan fingerprint density at radius 1 is 1.62 bits per heavy atom. The standard InChI is InChI=1S/C9H19N3O/c1-2-8(7-10)12-5-3-9(13)11-4-6-12/h8H,2-7,10H2,1H3,(H,11,13). The molecule has 0 radical (unpaired) electrons. The zero-order chi connectivity index (χ0) is 9.68. The van der Waals surface area contributed by atoms with E-state index in [1.165, 1.54) is 0 Å². The quantitative estimate of drug-likeness (QED) is 0.626. The number of nitrogens with one attached hydrogen (secondary N) is 1. The third-order valence-corrected chi connectivity index (χ3v) is 2.61. The number of hydrogen-bond acceptors (Lipinski definition) is 3. The van der Waals surface area contributed by atoms with Crippen LogP contribution >= 0.6 is 0 Å². The minimum absolute atomic E-state index is 0.161. The van der Waals surface area contributed by atoms with Gasteiger partial charge in [0.2, 0.25) is 5.91 Å². The Bertz CT molecular complexity index is 168. The fourth-order valence-electron chi connectivity index (χ4n) is 1.72. The second-order valence-electron chi connectivity index (χ2n) is 3.43. The van der Waals surface area contributed by atoms with Crippen LogP contribution in [0.1, 0.15) is 19.8 Å². The van der Waals surface area contributed by atoms with Crippen molar-refractivity contribution in [3.05, 3.63) is 0 Å². The highest BCUT2D eigenvalue weighted by atomic mass is 16.1. The van der Waals surface area contributed by atoms with Crippen molar-refractivity contribution in [1.29, 1.82) is 0 Å².